The molecule has 0 saturated carbocycles. The van der Waals surface area contributed by atoms with Crippen LogP contribution in [0.1, 0.15) is 11.1 Å². The van der Waals surface area contributed by atoms with Crippen molar-refractivity contribution in [1.82, 2.24) is 5.01 Å². The maximum atomic E-state index is 12.9. The molecule has 1 N–H and O–H groups in total. The van der Waals surface area contributed by atoms with Crippen molar-refractivity contribution in [3.05, 3.63) is 87.9 Å². The van der Waals surface area contributed by atoms with Gasteiger partial charge < -0.3 is 18.9 Å². The molecule has 204 valence electrons. The van der Waals surface area contributed by atoms with E-state index in [1.165, 1.54) is 23.9 Å². The molecule has 0 unspecified atom stereocenters. The highest BCUT2D eigenvalue weighted by atomic mass is 79.9. The normalized spacial score (nSPS) is 15.5. The fourth-order valence-electron chi connectivity index (χ4n) is 4.04. The second kappa shape index (κ2) is 12.4. The summed E-state index contributed by atoms with van der Waals surface area (Å²) >= 11 is 4.84. The number of ether oxygens (including phenoxy) is 4. The fourth-order valence-corrected chi connectivity index (χ4v) is 5.53. The standard InChI is InChI=1S/C29H25BrN4O5S/c1-36-22-10-6-7-11-23(22)38-12-13-39-26-21(30)15-19(16-24(26)37-2)14-20-27(31)34-29(32-28(20)35)40-25(33-34)17-18-8-4-3-5-9-18/h3-11,14-16,31H,12-13,17H2,1-2H3/b20-14-,31-27?. The molecule has 0 spiro atoms. The summed E-state index contributed by atoms with van der Waals surface area (Å²) < 4.78 is 23.2. The molecule has 1 amide bonds. The van der Waals surface area contributed by atoms with Gasteiger partial charge in [0.2, 0.25) is 5.17 Å². The molecule has 40 heavy (non-hydrogen) atoms. The number of carbonyl (C=O) groups is 1. The molecule has 2 aliphatic rings. The Hall–Kier alpha value is -4.09. The van der Waals surface area contributed by atoms with Gasteiger partial charge in [0.15, 0.2) is 28.8 Å². The molecule has 3 aromatic carbocycles. The number of hydrogen-bond acceptors (Lipinski definition) is 8. The number of thioether (sulfide) groups is 1. The largest absolute Gasteiger partial charge is 0.493 e. The van der Waals surface area contributed by atoms with Crippen LogP contribution in [0.4, 0.5) is 0 Å². The first kappa shape index (κ1) is 27.5. The first-order valence-electron chi connectivity index (χ1n) is 12.3. The predicted molar refractivity (Wildman–Crippen MR) is 160 cm³/mol. The monoisotopic (exact) mass is 620 g/mol. The Balaban J connectivity index is 1.29. The van der Waals surface area contributed by atoms with E-state index in [9.17, 15) is 4.79 Å². The zero-order chi connectivity index (χ0) is 28.1. The Kier molecular flexibility index (Phi) is 8.51. The maximum absolute atomic E-state index is 12.9. The second-order valence-electron chi connectivity index (χ2n) is 8.56. The number of carbonyl (C=O) groups excluding carboxylic acids is 1. The zero-order valence-corrected chi connectivity index (χ0v) is 24.1. The molecule has 5 rings (SSSR count). The fraction of sp³-hybridized carbons (Fsp3) is 0.172. The van der Waals surface area contributed by atoms with E-state index in [0.717, 1.165) is 10.6 Å². The minimum Gasteiger partial charge on any atom is -0.493 e. The van der Waals surface area contributed by atoms with Crippen LogP contribution in [0, 0.1) is 5.41 Å². The van der Waals surface area contributed by atoms with Crippen molar-refractivity contribution in [2.24, 2.45) is 10.1 Å². The number of amidine groups is 2. The molecular formula is C29H25BrN4O5S. The van der Waals surface area contributed by atoms with Crippen LogP contribution in [0.15, 0.2) is 86.9 Å². The zero-order valence-electron chi connectivity index (χ0n) is 21.7. The minimum absolute atomic E-state index is 0.0329. The number of nitrogens with zero attached hydrogens (tertiary/aromatic N) is 3. The maximum Gasteiger partial charge on any atom is 0.283 e. The summed E-state index contributed by atoms with van der Waals surface area (Å²) in [6.07, 6.45) is 2.19. The van der Waals surface area contributed by atoms with E-state index in [-0.39, 0.29) is 24.6 Å². The second-order valence-corrected chi connectivity index (χ2v) is 10.5. The lowest BCUT2D eigenvalue weighted by molar-refractivity contribution is -0.114. The Morgan fingerprint density at radius 2 is 1.65 bits per heavy atom. The van der Waals surface area contributed by atoms with Crippen molar-refractivity contribution in [1.29, 1.82) is 5.41 Å². The third kappa shape index (κ3) is 6.05. The molecule has 0 fully saturated rings. The van der Waals surface area contributed by atoms with Crippen molar-refractivity contribution in [2.75, 3.05) is 27.4 Å². The van der Waals surface area contributed by atoms with Crippen molar-refractivity contribution in [3.8, 4) is 23.0 Å². The van der Waals surface area contributed by atoms with Crippen LogP contribution in [0.5, 0.6) is 23.0 Å². The highest BCUT2D eigenvalue weighted by Crippen LogP contribution is 2.38. The van der Waals surface area contributed by atoms with Gasteiger partial charge in [0.1, 0.15) is 18.3 Å². The average Bonchev–Trinajstić information content (AvgIpc) is 3.36. The molecule has 0 saturated heterocycles. The Morgan fingerprint density at radius 1 is 0.950 bits per heavy atom. The number of amides is 1. The molecule has 0 radical (unpaired) electrons. The van der Waals surface area contributed by atoms with Gasteiger partial charge in [0.05, 0.1) is 24.3 Å². The van der Waals surface area contributed by atoms with Crippen LogP contribution in [-0.4, -0.2) is 54.4 Å². The Morgan fingerprint density at radius 3 is 2.40 bits per heavy atom. The van der Waals surface area contributed by atoms with Crippen molar-refractivity contribution in [2.45, 2.75) is 6.42 Å². The highest BCUT2D eigenvalue weighted by molar-refractivity contribution is 9.10. The summed E-state index contributed by atoms with van der Waals surface area (Å²) in [5, 5.41) is 15.8. The summed E-state index contributed by atoms with van der Waals surface area (Å²) in [5.74, 6) is 1.68. The summed E-state index contributed by atoms with van der Waals surface area (Å²) in [4.78, 5) is 17.1. The number of hydrogen-bond donors (Lipinski definition) is 1. The lowest BCUT2D eigenvalue weighted by Crippen LogP contribution is -2.35. The van der Waals surface area contributed by atoms with Crippen molar-refractivity contribution >= 4 is 55.7 Å². The number of nitrogens with one attached hydrogen (secondary N) is 1. The quantitative estimate of drug-likeness (QED) is 0.226. The SMILES string of the molecule is COc1ccccc1OCCOc1c(Br)cc(/C=C2/C(=N)N3N=C(Cc4ccccc4)SC3=NC2=O)cc1OC. The van der Waals surface area contributed by atoms with Crippen LogP contribution in [0.3, 0.4) is 0 Å². The van der Waals surface area contributed by atoms with Gasteiger partial charge in [0.25, 0.3) is 5.91 Å². The first-order valence-corrected chi connectivity index (χ1v) is 13.9. The lowest BCUT2D eigenvalue weighted by Gasteiger charge is -2.20. The molecule has 9 nitrogen and oxygen atoms in total. The van der Waals surface area contributed by atoms with Crippen molar-refractivity contribution < 1.29 is 23.7 Å². The molecule has 2 aliphatic heterocycles. The molecular weight excluding hydrogens is 596 g/mol. The van der Waals surface area contributed by atoms with E-state index in [2.05, 4.69) is 26.0 Å². The average molecular weight is 622 g/mol. The smallest absolute Gasteiger partial charge is 0.283 e. The number of fused-ring (bicyclic) bond motifs is 1. The van der Waals surface area contributed by atoms with E-state index in [1.54, 1.807) is 25.3 Å². The van der Waals surface area contributed by atoms with Crippen LogP contribution < -0.4 is 18.9 Å². The predicted octanol–water partition coefficient (Wildman–Crippen LogP) is 5.79. The third-order valence-electron chi connectivity index (χ3n) is 5.91. The van der Waals surface area contributed by atoms with Gasteiger partial charge >= 0.3 is 0 Å². The van der Waals surface area contributed by atoms with Gasteiger partial charge in [-0.05, 0) is 69.2 Å². The highest BCUT2D eigenvalue weighted by Gasteiger charge is 2.35. The van der Waals surface area contributed by atoms with Crippen LogP contribution in [-0.2, 0) is 11.2 Å². The van der Waals surface area contributed by atoms with E-state index in [0.29, 0.717) is 44.6 Å². The summed E-state index contributed by atoms with van der Waals surface area (Å²) in [5.41, 5.74) is 1.85. The van der Waals surface area contributed by atoms with E-state index in [1.807, 2.05) is 54.6 Å². The number of rotatable bonds is 10. The Labute approximate surface area is 244 Å². The summed E-state index contributed by atoms with van der Waals surface area (Å²) in [6.45, 7) is 0.540. The van der Waals surface area contributed by atoms with Crippen molar-refractivity contribution in [3.63, 3.8) is 0 Å². The van der Waals surface area contributed by atoms with E-state index < -0.39 is 5.91 Å². The van der Waals surface area contributed by atoms with Gasteiger partial charge in [-0.3, -0.25) is 10.2 Å². The molecule has 3 aromatic rings. The number of halogens is 1. The molecule has 11 heteroatoms. The van der Waals surface area contributed by atoms with Gasteiger partial charge in [-0.2, -0.15) is 15.1 Å². The topological polar surface area (TPSA) is 106 Å². The van der Waals surface area contributed by atoms with Crippen LogP contribution in [0.25, 0.3) is 6.08 Å². The number of methoxy groups -OCH3 is 2. The van der Waals surface area contributed by atoms with Crippen LogP contribution in [0.2, 0.25) is 0 Å². The molecule has 0 aromatic heterocycles. The van der Waals surface area contributed by atoms with Gasteiger partial charge in [-0.1, -0.05) is 42.5 Å². The molecule has 0 atom stereocenters. The molecule has 2 heterocycles. The molecule has 0 bridgehead atoms. The number of aliphatic imine (C=N–C) groups is 1. The number of hydrazone groups is 1. The lowest BCUT2D eigenvalue weighted by atomic mass is 10.1. The number of benzene rings is 3. The molecule has 0 aliphatic carbocycles. The third-order valence-corrected chi connectivity index (χ3v) is 7.41. The van der Waals surface area contributed by atoms with E-state index in [4.69, 9.17) is 24.4 Å². The number of para-hydroxylation sites is 2. The minimum atomic E-state index is -0.496. The van der Waals surface area contributed by atoms with Crippen LogP contribution >= 0.6 is 27.7 Å². The van der Waals surface area contributed by atoms with Gasteiger partial charge in [-0.15, -0.1) is 0 Å². The summed E-state index contributed by atoms with van der Waals surface area (Å²) in [6, 6.07) is 20.8. The van der Waals surface area contributed by atoms with Gasteiger partial charge in [0, 0.05) is 6.42 Å². The Bertz CT molecular complexity index is 1540. The first-order chi connectivity index (χ1) is 19.5. The van der Waals surface area contributed by atoms with E-state index >= 15 is 0 Å². The van der Waals surface area contributed by atoms with Gasteiger partial charge in [-0.25, -0.2) is 0 Å². The summed E-state index contributed by atoms with van der Waals surface area (Å²) in [7, 11) is 3.12.